The highest BCUT2D eigenvalue weighted by molar-refractivity contribution is 7.96. The Balaban J connectivity index is 2.05. The van der Waals surface area contributed by atoms with Crippen LogP contribution in [0.4, 0.5) is 0 Å². The van der Waals surface area contributed by atoms with Gasteiger partial charge in [0.1, 0.15) is 10.8 Å². The number of halogens is 1. The number of rotatable bonds is 6. The molecule has 4 nitrogen and oxygen atoms in total. The van der Waals surface area contributed by atoms with E-state index < -0.39 is 21.0 Å². The molecule has 142 valence electrons. The first-order chi connectivity index (χ1) is 12.4. The van der Waals surface area contributed by atoms with Crippen molar-refractivity contribution in [2.24, 2.45) is 0 Å². The zero-order valence-electron chi connectivity index (χ0n) is 14.6. The van der Waals surface area contributed by atoms with E-state index in [1.165, 1.54) is 29.9 Å². The molecule has 8 heteroatoms. The quantitative estimate of drug-likeness (QED) is 0.589. The number of hydrogen-bond acceptors (Lipinski definition) is 5. The highest BCUT2D eigenvalue weighted by atomic mass is 35.5. The number of nitrogens with zero attached hydrogens (tertiary/aromatic N) is 1. The van der Waals surface area contributed by atoms with Crippen LogP contribution in [0, 0.1) is 0 Å². The summed E-state index contributed by atoms with van der Waals surface area (Å²) in [6.45, 7) is 1.94. The summed E-state index contributed by atoms with van der Waals surface area (Å²) >= 11 is 5.85. The van der Waals surface area contributed by atoms with E-state index >= 15 is 0 Å². The molecule has 1 saturated carbocycles. The van der Waals surface area contributed by atoms with Crippen molar-refractivity contribution in [1.29, 1.82) is 0 Å². The first-order valence-corrected chi connectivity index (χ1v) is 12.8. The van der Waals surface area contributed by atoms with Gasteiger partial charge >= 0.3 is 0 Å². The third-order valence-corrected chi connectivity index (χ3v) is 9.93. The van der Waals surface area contributed by atoms with E-state index in [0.29, 0.717) is 15.0 Å². The first kappa shape index (κ1) is 20.1. The molecule has 1 atom stereocenters. The minimum absolute atomic E-state index is 0.0304. The summed E-state index contributed by atoms with van der Waals surface area (Å²) in [6.07, 6.45) is 6.26. The number of benzene rings is 1. The van der Waals surface area contributed by atoms with Crippen molar-refractivity contribution in [3.63, 3.8) is 0 Å². The van der Waals surface area contributed by atoms with Gasteiger partial charge in [-0.25, -0.2) is 13.4 Å². The summed E-state index contributed by atoms with van der Waals surface area (Å²) in [7, 11) is -3.82. The molecular weight excluding hydrogens is 410 g/mol. The van der Waals surface area contributed by atoms with E-state index in [1.807, 2.05) is 6.92 Å². The fraction of sp³-hybridized carbons (Fsp3) is 0.500. The third kappa shape index (κ3) is 4.28. The van der Waals surface area contributed by atoms with Gasteiger partial charge < -0.3 is 4.55 Å². The monoisotopic (exact) mass is 431 g/mol. The largest absolute Gasteiger partial charge is 0.611 e. The standard InChI is InChI=1S/C18H22ClNO3S3/c1-2-12-25(21)18-17(20-16(24-18)13-6-4-3-5-7-13)26(22,23)15-10-8-14(19)9-11-15/h8-11,13H,2-7,12H2,1H3. The second kappa shape index (κ2) is 8.61. The van der Waals surface area contributed by atoms with Gasteiger partial charge in [-0.15, -0.1) is 0 Å². The molecule has 1 aliphatic rings. The predicted octanol–water partition coefficient (Wildman–Crippen LogP) is 5.19. The summed E-state index contributed by atoms with van der Waals surface area (Å²) in [5.74, 6) is 0.718. The summed E-state index contributed by atoms with van der Waals surface area (Å²) in [6, 6.07) is 6.05. The lowest BCUT2D eigenvalue weighted by Crippen LogP contribution is -2.11. The van der Waals surface area contributed by atoms with Crippen molar-refractivity contribution in [3.8, 4) is 0 Å². The second-order valence-electron chi connectivity index (χ2n) is 6.49. The smallest absolute Gasteiger partial charge is 0.246 e. The lowest BCUT2D eigenvalue weighted by atomic mass is 9.90. The van der Waals surface area contributed by atoms with Crippen LogP contribution in [0.3, 0.4) is 0 Å². The van der Waals surface area contributed by atoms with Crippen molar-refractivity contribution in [1.82, 2.24) is 4.98 Å². The molecular formula is C18H22ClNO3S3. The van der Waals surface area contributed by atoms with Crippen LogP contribution < -0.4 is 0 Å². The molecule has 0 bridgehead atoms. The number of hydrogen-bond donors (Lipinski definition) is 0. The highest BCUT2D eigenvalue weighted by Gasteiger charge is 2.34. The fourth-order valence-corrected chi connectivity index (χ4v) is 8.09. The molecule has 0 aliphatic heterocycles. The molecule has 1 fully saturated rings. The molecule has 1 aromatic heterocycles. The fourth-order valence-electron chi connectivity index (χ4n) is 3.15. The highest BCUT2D eigenvalue weighted by Crippen LogP contribution is 2.40. The minimum Gasteiger partial charge on any atom is -0.611 e. The van der Waals surface area contributed by atoms with E-state index in [9.17, 15) is 13.0 Å². The van der Waals surface area contributed by atoms with E-state index in [-0.39, 0.29) is 15.8 Å². The zero-order chi connectivity index (χ0) is 18.7. The summed E-state index contributed by atoms with van der Waals surface area (Å²) < 4.78 is 39.4. The van der Waals surface area contributed by atoms with Crippen LogP contribution in [0.2, 0.25) is 5.02 Å². The van der Waals surface area contributed by atoms with Gasteiger partial charge in [-0.2, -0.15) is 0 Å². The van der Waals surface area contributed by atoms with E-state index in [0.717, 1.165) is 37.1 Å². The Morgan fingerprint density at radius 3 is 2.50 bits per heavy atom. The summed E-state index contributed by atoms with van der Waals surface area (Å²) in [4.78, 5) is 4.65. The Bertz CT molecular complexity index is 843. The Hall–Kier alpha value is -0.600. The van der Waals surface area contributed by atoms with Gasteiger partial charge in [0, 0.05) is 10.9 Å². The van der Waals surface area contributed by atoms with Gasteiger partial charge in [-0.1, -0.05) is 49.1 Å². The van der Waals surface area contributed by atoms with Gasteiger partial charge in [-0.05, 0) is 54.7 Å². The van der Waals surface area contributed by atoms with Crippen LogP contribution in [0.1, 0.15) is 56.4 Å². The average Bonchev–Trinajstić information content (AvgIpc) is 3.09. The molecule has 3 rings (SSSR count). The van der Waals surface area contributed by atoms with E-state index in [2.05, 4.69) is 4.98 Å². The average molecular weight is 432 g/mol. The maximum atomic E-state index is 13.1. The Morgan fingerprint density at radius 2 is 1.88 bits per heavy atom. The minimum atomic E-state index is -3.82. The molecule has 2 aromatic rings. The van der Waals surface area contributed by atoms with Crippen LogP contribution in [-0.4, -0.2) is 23.7 Å². The van der Waals surface area contributed by atoms with Gasteiger partial charge in [0.25, 0.3) is 0 Å². The Kier molecular flexibility index (Phi) is 6.67. The Morgan fingerprint density at radius 1 is 1.23 bits per heavy atom. The van der Waals surface area contributed by atoms with Crippen LogP contribution in [0.25, 0.3) is 0 Å². The maximum absolute atomic E-state index is 13.1. The van der Waals surface area contributed by atoms with Crippen LogP contribution in [0.15, 0.2) is 38.4 Å². The SMILES string of the molecule is CCC[S+]([O-])c1sc(C2CCCCC2)nc1S(=O)(=O)c1ccc(Cl)cc1. The van der Waals surface area contributed by atoms with Crippen LogP contribution >= 0.6 is 22.9 Å². The van der Waals surface area contributed by atoms with Crippen molar-refractivity contribution < 1.29 is 13.0 Å². The Labute approximate surface area is 167 Å². The van der Waals surface area contributed by atoms with Gasteiger partial charge in [-0.3, -0.25) is 0 Å². The van der Waals surface area contributed by atoms with E-state index in [1.54, 1.807) is 12.1 Å². The second-order valence-corrected chi connectivity index (χ2v) is 11.6. The number of thiazole rings is 1. The molecule has 1 aromatic carbocycles. The number of sulfone groups is 1. The van der Waals surface area contributed by atoms with Gasteiger partial charge in [0.2, 0.25) is 19.1 Å². The molecule has 0 saturated heterocycles. The topological polar surface area (TPSA) is 70.1 Å². The van der Waals surface area contributed by atoms with Crippen LogP contribution in [0.5, 0.6) is 0 Å². The lowest BCUT2D eigenvalue weighted by Gasteiger charge is -2.18. The van der Waals surface area contributed by atoms with Crippen LogP contribution in [-0.2, 0) is 21.0 Å². The molecule has 1 unspecified atom stereocenters. The normalized spacial score (nSPS) is 17.3. The van der Waals surface area contributed by atoms with Crippen molar-refractivity contribution in [3.05, 3.63) is 34.3 Å². The molecule has 0 N–H and O–H groups in total. The summed E-state index contributed by atoms with van der Waals surface area (Å²) in [5.41, 5.74) is 0. The van der Waals surface area contributed by atoms with Gasteiger partial charge in [0.05, 0.1) is 4.90 Å². The molecule has 0 radical (unpaired) electrons. The third-order valence-electron chi connectivity index (χ3n) is 4.51. The predicted molar refractivity (Wildman–Crippen MR) is 106 cm³/mol. The first-order valence-electron chi connectivity index (χ1n) is 8.83. The number of aromatic nitrogens is 1. The lowest BCUT2D eigenvalue weighted by molar-refractivity contribution is 0.441. The van der Waals surface area contributed by atoms with Crippen molar-refractivity contribution in [2.45, 2.75) is 65.5 Å². The molecule has 0 amide bonds. The molecule has 26 heavy (non-hydrogen) atoms. The molecule has 1 aliphatic carbocycles. The van der Waals surface area contributed by atoms with E-state index in [4.69, 9.17) is 11.6 Å². The van der Waals surface area contributed by atoms with Gasteiger partial charge in [0.15, 0.2) is 0 Å². The van der Waals surface area contributed by atoms with Crippen molar-refractivity contribution in [2.75, 3.05) is 5.75 Å². The van der Waals surface area contributed by atoms with Crippen molar-refractivity contribution >= 4 is 44.0 Å². The molecule has 0 spiro atoms. The summed E-state index contributed by atoms with van der Waals surface area (Å²) in [5, 5.41) is 1.26. The maximum Gasteiger partial charge on any atom is 0.246 e. The zero-order valence-corrected chi connectivity index (χ0v) is 17.8. The molecule has 1 heterocycles.